The molecule has 0 saturated heterocycles. The molecule has 0 spiro atoms. The van der Waals surface area contributed by atoms with Crippen molar-refractivity contribution in [2.75, 3.05) is 19.0 Å². The predicted octanol–water partition coefficient (Wildman–Crippen LogP) is 2.55. The molecule has 4 nitrogen and oxygen atoms in total. The standard InChI is InChI=1S/C14H19NO3/c1-14(2,3)18-13(16)10-8-15-12-9(10)6-5-7-11(12)17-4/h5-7,10,15H,8H2,1-4H3. The van der Waals surface area contributed by atoms with Crippen LogP contribution in [-0.2, 0) is 9.53 Å². The fraction of sp³-hybridized carbons (Fsp3) is 0.500. The van der Waals surface area contributed by atoms with Crippen molar-refractivity contribution < 1.29 is 14.3 Å². The van der Waals surface area contributed by atoms with E-state index in [1.54, 1.807) is 7.11 Å². The molecule has 1 unspecified atom stereocenters. The van der Waals surface area contributed by atoms with E-state index in [9.17, 15) is 4.79 Å². The summed E-state index contributed by atoms with van der Waals surface area (Å²) in [7, 11) is 1.62. The highest BCUT2D eigenvalue weighted by molar-refractivity contribution is 5.85. The molecule has 1 aliphatic heterocycles. The van der Waals surface area contributed by atoms with E-state index in [1.165, 1.54) is 0 Å². The van der Waals surface area contributed by atoms with Gasteiger partial charge in [-0.1, -0.05) is 12.1 Å². The Kier molecular flexibility index (Phi) is 3.20. The van der Waals surface area contributed by atoms with Crippen LogP contribution in [0, 0.1) is 0 Å². The van der Waals surface area contributed by atoms with Gasteiger partial charge in [0.1, 0.15) is 17.3 Å². The monoisotopic (exact) mass is 249 g/mol. The van der Waals surface area contributed by atoms with E-state index in [0.717, 1.165) is 17.0 Å². The van der Waals surface area contributed by atoms with Gasteiger partial charge in [-0.3, -0.25) is 4.79 Å². The Morgan fingerprint density at radius 2 is 2.11 bits per heavy atom. The molecule has 4 heteroatoms. The lowest BCUT2D eigenvalue weighted by Gasteiger charge is -2.22. The van der Waals surface area contributed by atoms with Crippen LogP contribution in [0.4, 0.5) is 5.69 Å². The average Bonchev–Trinajstić information content (AvgIpc) is 2.69. The lowest BCUT2D eigenvalue weighted by atomic mass is 10.0. The maximum atomic E-state index is 12.1. The molecule has 0 radical (unpaired) electrons. The van der Waals surface area contributed by atoms with Gasteiger partial charge in [-0.05, 0) is 32.4 Å². The van der Waals surface area contributed by atoms with Crippen LogP contribution in [0.25, 0.3) is 0 Å². The van der Waals surface area contributed by atoms with E-state index in [1.807, 2.05) is 39.0 Å². The van der Waals surface area contributed by atoms with Gasteiger partial charge in [-0.15, -0.1) is 0 Å². The number of para-hydroxylation sites is 1. The smallest absolute Gasteiger partial charge is 0.315 e. The number of ether oxygens (including phenoxy) is 2. The van der Waals surface area contributed by atoms with Crippen LogP contribution in [0.15, 0.2) is 18.2 Å². The van der Waals surface area contributed by atoms with E-state index in [-0.39, 0.29) is 11.9 Å². The number of carbonyl (C=O) groups is 1. The summed E-state index contributed by atoms with van der Waals surface area (Å²) in [6, 6.07) is 5.71. The van der Waals surface area contributed by atoms with Crippen LogP contribution >= 0.6 is 0 Å². The molecule has 2 rings (SSSR count). The number of fused-ring (bicyclic) bond motifs is 1. The van der Waals surface area contributed by atoms with Crippen LogP contribution in [0.3, 0.4) is 0 Å². The minimum atomic E-state index is -0.460. The van der Waals surface area contributed by atoms with Gasteiger partial charge >= 0.3 is 5.97 Å². The highest BCUT2D eigenvalue weighted by Crippen LogP contribution is 2.39. The fourth-order valence-electron chi connectivity index (χ4n) is 2.10. The first kappa shape index (κ1) is 12.7. The third kappa shape index (κ3) is 2.42. The quantitative estimate of drug-likeness (QED) is 0.818. The number of rotatable bonds is 2. The largest absolute Gasteiger partial charge is 0.495 e. The van der Waals surface area contributed by atoms with Crippen molar-refractivity contribution in [2.24, 2.45) is 0 Å². The number of hydrogen-bond acceptors (Lipinski definition) is 4. The van der Waals surface area contributed by atoms with Crippen molar-refractivity contribution in [3.63, 3.8) is 0 Å². The zero-order valence-electron chi connectivity index (χ0n) is 11.2. The van der Waals surface area contributed by atoms with Crippen molar-refractivity contribution in [1.82, 2.24) is 0 Å². The molecule has 0 aliphatic carbocycles. The molecule has 1 atom stereocenters. The molecule has 0 bridgehead atoms. The third-order valence-electron chi connectivity index (χ3n) is 2.83. The van der Waals surface area contributed by atoms with Crippen LogP contribution in [0.1, 0.15) is 32.3 Å². The van der Waals surface area contributed by atoms with Gasteiger partial charge in [-0.25, -0.2) is 0 Å². The lowest BCUT2D eigenvalue weighted by Crippen LogP contribution is -2.28. The number of anilines is 1. The Hall–Kier alpha value is -1.71. The second-order valence-electron chi connectivity index (χ2n) is 5.39. The molecule has 18 heavy (non-hydrogen) atoms. The first-order valence-electron chi connectivity index (χ1n) is 6.06. The molecule has 1 heterocycles. The van der Waals surface area contributed by atoms with Crippen molar-refractivity contribution in [1.29, 1.82) is 0 Å². The number of methoxy groups -OCH3 is 1. The fourth-order valence-corrected chi connectivity index (χ4v) is 2.10. The Morgan fingerprint density at radius 3 is 2.72 bits per heavy atom. The Balaban J connectivity index is 2.24. The minimum absolute atomic E-state index is 0.193. The maximum absolute atomic E-state index is 12.1. The zero-order chi connectivity index (χ0) is 13.3. The van der Waals surface area contributed by atoms with Gasteiger partial charge in [0.05, 0.1) is 12.8 Å². The van der Waals surface area contributed by atoms with Crippen molar-refractivity contribution in [3.05, 3.63) is 23.8 Å². The second-order valence-corrected chi connectivity index (χ2v) is 5.39. The summed E-state index contributed by atoms with van der Waals surface area (Å²) < 4.78 is 10.7. The molecule has 0 aromatic heterocycles. The molecule has 1 N–H and O–H groups in total. The first-order chi connectivity index (χ1) is 8.42. The average molecular weight is 249 g/mol. The summed E-state index contributed by atoms with van der Waals surface area (Å²) in [5, 5.41) is 3.21. The van der Waals surface area contributed by atoms with E-state index in [0.29, 0.717) is 6.54 Å². The van der Waals surface area contributed by atoms with E-state index < -0.39 is 5.60 Å². The van der Waals surface area contributed by atoms with E-state index in [2.05, 4.69) is 5.32 Å². The van der Waals surface area contributed by atoms with Crippen molar-refractivity contribution in [3.8, 4) is 5.75 Å². The first-order valence-corrected chi connectivity index (χ1v) is 6.06. The molecule has 1 aromatic rings. The SMILES string of the molecule is COc1cccc2c1NCC2C(=O)OC(C)(C)C. The highest BCUT2D eigenvalue weighted by atomic mass is 16.6. The summed E-state index contributed by atoms with van der Waals surface area (Å²) in [6.07, 6.45) is 0. The summed E-state index contributed by atoms with van der Waals surface area (Å²) in [5.74, 6) is 0.315. The number of nitrogens with one attached hydrogen (secondary N) is 1. The predicted molar refractivity (Wildman–Crippen MR) is 70.1 cm³/mol. The Labute approximate surface area is 107 Å². The molecule has 1 aromatic carbocycles. The number of esters is 1. The summed E-state index contributed by atoms with van der Waals surface area (Å²) in [4.78, 5) is 12.1. The topological polar surface area (TPSA) is 47.6 Å². The van der Waals surface area contributed by atoms with Crippen molar-refractivity contribution >= 4 is 11.7 Å². The van der Waals surface area contributed by atoms with Gasteiger partial charge in [0.25, 0.3) is 0 Å². The molecule has 98 valence electrons. The Morgan fingerprint density at radius 1 is 1.39 bits per heavy atom. The third-order valence-corrected chi connectivity index (χ3v) is 2.83. The molecule has 1 aliphatic rings. The second kappa shape index (κ2) is 4.52. The molecule has 0 fully saturated rings. The van der Waals surface area contributed by atoms with Crippen molar-refractivity contribution in [2.45, 2.75) is 32.3 Å². The molecular weight excluding hydrogens is 230 g/mol. The van der Waals surface area contributed by atoms with E-state index in [4.69, 9.17) is 9.47 Å². The summed E-state index contributed by atoms with van der Waals surface area (Å²) in [5.41, 5.74) is 1.39. The maximum Gasteiger partial charge on any atom is 0.315 e. The summed E-state index contributed by atoms with van der Waals surface area (Å²) in [6.45, 7) is 6.18. The van der Waals surface area contributed by atoms with Gasteiger partial charge in [-0.2, -0.15) is 0 Å². The van der Waals surface area contributed by atoms with E-state index >= 15 is 0 Å². The Bertz CT molecular complexity index is 463. The normalized spacial score (nSPS) is 17.9. The minimum Gasteiger partial charge on any atom is -0.495 e. The number of carbonyl (C=O) groups excluding carboxylic acids is 1. The van der Waals surface area contributed by atoms with Crippen LogP contribution in [-0.4, -0.2) is 25.2 Å². The van der Waals surface area contributed by atoms with Gasteiger partial charge in [0, 0.05) is 6.54 Å². The van der Waals surface area contributed by atoms with Crippen LogP contribution in [0.2, 0.25) is 0 Å². The molecular formula is C14H19NO3. The number of hydrogen-bond donors (Lipinski definition) is 1. The zero-order valence-corrected chi connectivity index (χ0v) is 11.2. The van der Waals surface area contributed by atoms with Gasteiger partial charge in [0.2, 0.25) is 0 Å². The number of benzene rings is 1. The van der Waals surface area contributed by atoms with Crippen LogP contribution < -0.4 is 10.1 Å². The highest BCUT2D eigenvalue weighted by Gasteiger charge is 2.33. The molecule has 0 saturated carbocycles. The van der Waals surface area contributed by atoms with Gasteiger partial charge < -0.3 is 14.8 Å². The van der Waals surface area contributed by atoms with Gasteiger partial charge in [0.15, 0.2) is 0 Å². The lowest BCUT2D eigenvalue weighted by molar-refractivity contribution is -0.156. The summed E-state index contributed by atoms with van der Waals surface area (Å²) >= 11 is 0. The molecule has 0 amide bonds. The van der Waals surface area contributed by atoms with Crippen LogP contribution in [0.5, 0.6) is 5.75 Å².